The van der Waals surface area contributed by atoms with Crippen LogP contribution in [-0.4, -0.2) is 18.4 Å². The normalized spacial score (nSPS) is 9.95. The lowest BCUT2D eigenvalue weighted by molar-refractivity contribution is 0.0848. The number of carbonyl (C=O) groups excluding carboxylic acids is 2. The largest absolute Gasteiger partial charge is 0.494 e. The van der Waals surface area contributed by atoms with Gasteiger partial charge in [-0.1, -0.05) is 19.1 Å². The Morgan fingerprint density at radius 2 is 1.95 bits per heavy atom. The zero-order chi connectivity index (χ0) is 15.1. The maximum Gasteiger partial charge on any atom is 0.279 e. The van der Waals surface area contributed by atoms with Crippen molar-refractivity contribution in [3.63, 3.8) is 0 Å². The van der Waals surface area contributed by atoms with E-state index in [2.05, 4.69) is 10.9 Å². The minimum atomic E-state index is -0.387. The van der Waals surface area contributed by atoms with E-state index >= 15 is 0 Å². The molecule has 110 valence electrons. The van der Waals surface area contributed by atoms with Crippen molar-refractivity contribution in [2.45, 2.75) is 13.3 Å². The molecule has 0 aliphatic heterocycles. The van der Waals surface area contributed by atoms with Crippen LogP contribution in [0.25, 0.3) is 0 Å². The van der Waals surface area contributed by atoms with Crippen LogP contribution in [0.15, 0.2) is 41.8 Å². The smallest absolute Gasteiger partial charge is 0.279 e. The molecule has 6 heteroatoms. The summed E-state index contributed by atoms with van der Waals surface area (Å²) in [7, 11) is 0. The molecule has 0 aliphatic rings. The summed E-state index contributed by atoms with van der Waals surface area (Å²) in [5.74, 6) is -0.0901. The van der Waals surface area contributed by atoms with Crippen LogP contribution in [0.5, 0.6) is 5.75 Å². The molecule has 2 amide bonds. The first-order valence-corrected chi connectivity index (χ1v) is 7.45. The van der Waals surface area contributed by atoms with E-state index in [9.17, 15) is 9.59 Å². The van der Waals surface area contributed by atoms with Gasteiger partial charge in [0.1, 0.15) is 5.75 Å². The van der Waals surface area contributed by atoms with Gasteiger partial charge < -0.3 is 4.74 Å². The predicted octanol–water partition coefficient (Wildman–Crippen LogP) is 2.61. The molecule has 0 fully saturated rings. The molecule has 0 spiro atoms. The van der Waals surface area contributed by atoms with Crippen LogP contribution in [-0.2, 0) is 0 Å². The maximum absolute atomic E-state index is 12.0. The Hall–Kier alpha value is -2.34. The highest BCUT2D eigenvalue weighted by Crippen LogP contribution is 2.13. The number of hydrogen-bond acceptors (Lipinski definition) is 4. The second-order valence-corrected chi connectivity index (χ2v) is 5.21. The van der Waals surface area contributed by atoms with E-state index < -0.39 is 0 Å². The van der Waals surface area contributed by atoms with Gasteiger partial charge in [-0.25, -0.2) is 0 Å². The highest BCUT2D eigenvalue weighted by molar-refractivity contribution is 7.12. The first kappa shape index (κ1) is 15.1. The number of ether oxygens (including phenoxy) is 1. The number of rotatable bonds is 5. The molecule has 5 nitrogen and oxygen atoms in total. The van der Waals surface area contributed by atoms with Gasteiger partial charge in [0, 0.05) is 5.56 Å². The van der Waals surface area contributed by atoms with Crippen molar-refractivity contribution >= 4 is 23.2 Å². The van der Waals surface area contributed by atoms with Crippen molar-refractivity contribution in [2.24, 2.45) is 0 Å². The Balaban J connectivity index is 1.92. The molecule has 0 radical (unpaired) electrons. The number of hydrogen-bond donors (Lipinski definition) is 2. The zero-order valence-corrected chi connectivity index (χ0v) is 12.4. The maximum atomic E-state index is 12.0. The van der Waals surface area contributed by atoms with E-state index in [1.54, 1.807) is 41.8 Å². The zero-order valence-electron chi connectivity index (χ0n) is 11.6. The lowest BCUT2D eigenvalue weighted by Gasteiger charge is -2.08. The molecule has 0 atom stereocenters. The molecule has 0 saturated carbocycles. The van der Waals surface area contributed by atoms with Crippen molar-refractivity contribution in [2.75, 3.05) is 6.61 Å². The summed E-state index contributed by atoms with van der Waals surface area (Å²) in [6, 6.07) is 10.3. The summed E-state index contributed by atoms with van der Waals surface area (Å²) in [6.07, 6.45) is 0.896. The number of carbonyl (C=O) groups is 2. The Bertz CT molecular complexity index is 611. The molecule has 0 aliphatic carbocycles. The SMILES string of the molecule is CCCOc1cccc(C(=O)NNC(=O)c2cccs2)c1. The topological polar surface area (TPSA) is 67.4 Å². The third-order valence-electron chi connectivity index (χ3n) is 2.60. The fraction of sp³-hybridized carbons (Fsp3) is 0.200. The van der Waals surface area contributed by atoms with Gasteiger partial charge in [0.2, 0.25) is 0 Å². The quantitative estimate of drug-likeness (QED) is 0.834. The molecule has 1 heterocycles. The van der Waals surface area contributed by atoms with Crippen molar-refractivity contribution in [3.05, 3.63) is 52.2 Å². The van der Waals surface area contributed by atoms with E-state index in [0.29, 0.717) is 22.8 Å². The lowest BCUT2D eigenvalue weighted by Crippen LogP contribution is -2.41. The fourth-order valence-electron chi connectivity index (χ4n) is 1.60. The predicted molar refractivity (Wildman–Crippen MR) is 81.5 cm³/mol. The summed E-state index contributed by atoms with van der Waals surface area (Å²) in [6.45, 7) is 2.61. The molecular formula is C15H16N2O3S. The Labute approximate surface area is 126 Å². The van der Waals surface area contributed by atoms with Gasteiger partial charge in [-0.3, -0.25) is 20.4 Å². The highest BCUT2D eigenvalue weighted by Gasteiger charge is 2.10. The monoisotopic (exact) mass is 304 g/mol. The molecule has 1 aromatic carbocycles. The Morgan fingerprint density at radius 1 is 1.14 bits per heavy atom. The summed E-state index contributed by atoms with van der Waals surface area (Å²) in [5.41, 5.74) is 5.19. The van der Waals surface area contributed by atoms with Crippen LogP contribution >= 0.6 is 11.3 Å². The van der Waals surface area contributed by atoms with Crippen LogP contribution in [0.1, 0.15) is 33.4 Å². The van der Waals surface area contributed by atoms with E-state index in [1.165, 1.54) is 11.3 Å². The number of nitrogens with one attached hydrogen (secondary N) is 2. The van der Waals surface area contributed by atoms with Gasteiger partial charge >= 0.3 is 0 Å². The van der Waals surface area contributed by atoms with Gasteiger partial charge in [-0.2, -0.15) is 0 Å². The van der Waals surface area contributed by atoms with Gasteiger partial charge in [0.05, 0.1) is 11.5 Å². The summed E-state index contributed by atoms with van der Waals surface area (Å²) >= 11 is 1.31. The van der Waals surface area contributed by atoms with Gasteiger partial charge in [-0.15, -0.1) is 11.3 Å². The average molecular weight is 304 g/mol. The summed E-state index contributed by atoms with van der Waals surface area (Å²) in [4.78, 5) is 24.2. The lowest BCUT2D eigenvalue weighted by atomic mass is 10.2. The third kappa shape index (κ3) is 4.32. The van der Waals surface area contributed by atoms with Gasteiger partial charge in [-0.05, 0) is 36.1 Å². The minimum Gasteiger partial charge on any atom is -0.494 e. The van der Waals surface area contributed by atoms with E-state index in [0.717, 1.165) is 6.42 Å². The van der Waals surface area contributed by atoms with Crippen molar-refractivity contribution < 1.29 is 14.3 Å². The van der Waals surface area contributed by atoms with Crippen LogP contribution in [0.2, 0.25) is 0 Å². The summed E-state index contributed by atoms with van der Waals surface area (Å²) < 4.78 is 5.46. The fourth-order valence-corrected chi connectivity index (χ4v) is 2.22. The number of thiophene rings is 1. The van der Waals surface area contributed by atoms with E-state index in [-0.39, 0.29) is 11.8 Å². The third-order valence-corrected chi connectivity index (χ3v) is 3.47. The van der Waals surface area contributed by atoms with Gasteiger partial charge in [0.15, 0.2) is 0 Å². The van der Waals surface area contributed by atoms with Crippen LogP contribution in [0.3, 0.4) is 0 Å². The Morgan fingerprint density at radius 3 is 2.67 bits per heavy atom. The second kappa shape index (κ2) is 7.44. The van der Waals surface area contributed by atoms with Crippen LogP contribution in [0, 0.1) is 0 Å². The highest BCUT2D eigenvalue weighted by atomic mass is 32.1. The van der Waals surface area contributed by atoms with Gasteiger partial charge in [0.25, 0.3) is 11.8 Å². The number of hydrazine groups is 1. The van der Waals surface area contributed by atoms with E-state index in [4.69, 9.17) is 4.74 Å². The molecule has 21 heavy (non-hydrogen) atoms. The molecule has 2 N–H and O–H groups in total. The molecule has 2 aromatic rings. The number of amides is 2. The summed E-state index contributed by atoms with van der Waals surface area (Å²) in [5, 5.41) is 1.80. The number of benzene rings is 1. The Kier molecular flexibility index (Phi) is 5.34. The molecule has 0 unspecified atom stereocenters. The van der Waals surface area contributed by atoms with Crippen molar-refractivity contribution in [1.82, 2.24) is 10.9 Å². The molecule has 2 rings (SSSR count). The molecule has 0 saturated heterocycles. The van der Waals surface area contributed by atoms with Crippen molar-refractivity contribution in [3.8, 4) is 5.75 Å². The van der Waals surface area contributed by atoms with Crippen LogP contribution < -0.4 is 15.6 Å². The second-order valence-electron chi connectivity index (χ2n) is 4.26. The minimum absolute atomic E-state index is 0.336. The first-order valence-electron chi connectivity index (χ1n) is 6.57. The first-order chi connectivity index (χ1) is 10.2. The van der Waals surface area contributed by atoms with E-state index in [1.807, 2.05) is 6.92 Å². The molecular weight excluding hydrogens is 288 g/mol. The molecule has 0 bridgehead atoms. The van der Waals surface area contributed by atoms with Crippen LogP contribution in [0.4, 0.5) is 0 Å². The average Bonchev–Trinajstić information content (AvgIpc) is 3.05. The van der Waals surface area contributed by atoms with Crippen molar-refractivity contribution in [1.29, 1.82) is 0 Å². The molecule has 1 aromatic heterocycles. The standard InChI is InChI=1S/C15H16N2O3S/c1-2-8-20-12-6-3-5-11(10-12)14(18)16-17-15(19)13-7-4-9-21-13/h3-7,9-10H,2,8H2,1H3,(H,16,18)(H,17,19).